The Bertz CT molecular complexity index is 463. The molecule has 0 aromatic heterocycles. The van der Waals surface area contributed by atoms with Crippen LogP contribution in [0.5, 0.6) is 5.75 Å². The Kier molecular flexibility index (Phi) is 5.63. The predicted octanol–water partition coefficient (Wildman–Crippen LogP) is 2.01. The number of carbonyl (C=O) groups is 1. The Balaban J connectivity index is 2.41. The Hall–Kier alpha value is -1.96. The van der Waals surface area contributed by atoms with Gasteiger partial charge in [-0.1, -0.05) is 0 Å². The van der Waals surface area contributed by atoms with Gasteiger partial charge in [-0.05, 0) is 12.1 Å². The number of alkyl halides is 3. The number of benzene rings is 1. The average Bonchev–Trinajstić information content (AvgIpc) is 2.36. The highest BCUT2D eigenvalue weighted by atomic mass is 19.4. The fraction of sp³-hybridized carbons (Fsp3) is 0.417. The molecule has 0 radical (unpaired) electrons. The SMILES string of the molecule is COc1cc(N)cc(C(=O)OCCOCC(F)(F)F)c1. The second kappa shape index (κ2) is 6.99. The number of rotatable bonds is 6. The molecule has 20 heavy (non-hydrogen) atoms. The van der Waals surface area contributed by atoms with E-state index in [4.69, 9.17) is 15.2 Å². The van der Waals surface area contributed by atoms with Crippen LogP contribution in [0.2, 0.25) is 0 Å². The molecule has 0 aliphatic carbocycles. The van der Waals surface area contributed by atoms with Crippen molar-refractivity contribution < 1.29 is 32.2 Å². The van der Waals surface area contributed by atoms with E-state index in [1.54, 1.807) is 0 Å². The number of nitrogen functional groups attached to an aromatic ring is 1. The molecule has 0 saturated carbocycles. The zero-order valence-electron chi connectivity index (χ0n) is 10.7. The van der Waals surface area contributed by atoms with Crippen LogP contribution in [-0.2, 0) is 9.47 Å². The molecule has 0 atom stereocenters. The van der Waals surface area contributed by atoms with E-state index >= 15 is 0 Å². The topological polar surface area (TPSA) is 70.8 Å². The summed E-state index contributed by atoms with van der Waals surface area (Å²) in [5, 5.41) is 0. The molecule has 0 aliphatic rings. The highest BCUT2D eigenvalue weighted by molar-refractivity contribution is 5.91. The van der Waals surface area contributed by atoms with Gasteiger partial charge in [0.1, 0.15) is 19.0 Å². The van der Waals surface area contributed by atoms with Crippen molar-refractivity contribution in [1.82, 2.24) is 0 Å². The van der Waals surface area contributed by atoms with Gasteiger partial charge in [0.05, 0.1) is 19.3 Å². The van der Waals surface area contributed by atoms with Gasteiger partial charge in [-0.2, -0.15) is 13.2 Å². The number of methoxy groups -OCH3 is 1. The lowest BCUT2D eigenvalue weighted by molar-refractivity contribution is -0.175. The molecule has 0 saturated heterocycles. The van der Waals surface area contributed by atoms with Crippen molar-refractivity contribution in [3.05, 3.63) is 23.8 Å². The summed E-state index contributed by atoms with van der Waals surface area (Å²) in [5.41, 5.74) is 6.02. The molecule has 1 aromatic rings. The number of hydrogen-bond acceptors (Lipinski definition) is 5. The van der Waals surface area contributed by atoms with Gasteiger partial charge in [0.15, 0.2) is 0 Å². The van der Waals surface area contributed by atoms with Crippen LogP contribution in [0.4, 0.5) is 18.9 Å². The monoisotopic (exact) mass is 293 g/mol. The molecular formula is C12H14F3NO4. The molecule has 0 heterocycles. The van der Waals surface area contributed by atoms with Crippen LogP contribution in [-0.4, -0.2) is 39.1 Å². The molecule has 0 fully saturated rings. The highest BCUT2D eigenvalue weighted by Gasteiger charge is 2.27. The molecule has 2 N–H and O–H groups in total. The van der Waals surface area contributed by atoms with Gasteiger partial charge in [-0.25, -0.2) is 4.79 Å². The third-order valence-electron chi connectivity index (χ3n) is 2.13. The highest BCUT2D eigenvalue weighted by Crippen LogP contribution is 2.19. The van der Waals surface area contributed by atoms with Crippen LogP contribution in [0.3, 0.4) is 0 Å². The standard InChI is InChI=1S/C12H14F3NO4/c1-18-10-5-8(4-9(16)6-10)11(17)20-3-2-19-7-12(13,14)15/h4-6H,2-3,7,16H2,1H3. The fourth-order valence-electron chi connectivity index (χ4n) is 1.32. The molecule has 1 rings (SSSR count). The zero-order chi connectivity index (χ0) is 15.2. The summed E-state index contributed by atoms with van der Waals surface area (Å²) in [6.07, 6.45) is -4.40. The lowest BCUT2D eigenvalue weighted by atomic mass is 10.2. The van der Waals surface area contributed by atoms with E-state index in [0.717, 1.165) is 0 Å². The second-order valence-corrected chi connectivity index (χ2v) is 3.80. The van der Waals surface area contributed by atoms with Gasteiger partial charge < -0.3 is 19.9 Å². The van der Waals surface area contributed by atoms with Gasteiger partial charge in [0.25, 0.3) is 0 Å². The maximum absolute atomic E-state index is 11.8. The lowest BCUT2D eigenvalue weighted by Gasteiger charge is -2.09. The molecule has 0 aliphatic heterocycles. The zero-order valence-corrected chi connectivity index (χ0v) is 10.7. The third kappa shape index (κ3) is 5.79. The predicted molar refractivity (Wildman–Crippen MR) is 64.6 cm³/mol. The quantitative estimate of drug-likeness (QED) is 0.493. The molecule has 5 nitrogen and oxygen atoms in total. The van der Waals surface area contributed by atoms with Gasteiger partial charge in [-0.3, -0.25) is 0 Å². The van der Waals surface area contributed by atoms with Crippen LogP contribution >= 0.6 is 0 Å². The Morgan fingerprint density at radius 1 is 1.25 bits per heavy atom. The first-order valence-corrected chi connectivity index (χ1v) is 5.58. The summed E-state index contributed by atoms with van der Waals surface area (Å²) < 4.78 is 49.3. The summed E-state index contributed by atoms with van der Waals surface area (Å²) in [6, 6.07) is 4.31. The molecule has 0 unspecified atom stereocenters. The van der Waals surface area contributed by atoms with Crippen molar-refractivity contribution in [2.45, 2.75) is 6.18 Å². The smallest absolute Gasteiger partial charge is 0.411 e. The average molecular weight is 293 g/mol. The minimum absolute atomic E-state index is 0.151. The van der Waals surface area contributed by atoms with Crippen molar-refractivity contribution in [3.63, 3.8) is 0 Å². The summed E-state index contributed by atoms with van der Waals surface area (Å²) in [7, 11) is 1.41. The Labute approximate surface area is 113 Å². The van der Waals surface area contributed by atoms with Crippen molar-refractivity contribution in [3.8, 4) is 5.75 Å². The maximum atomic E-state index is 11.8. The van der Waals surface area contributed by atoms with E-state index in [2.05, 4.69) is 4.74 Å². The molecule has 0 amide bonds. The van der Waals surface area contributed by atoms with E-state index in [0.29, 0.717) is 11.4 Å². The largest absolute Gasteiger partial charge is 0.497 e. The van der Waals surface area contributed by atoms with Crippen molar-refractivity contribution >= 4 is 11.7 Å². The van der Waals surface area contributed by atoms with E-state index < -0.39 is 18.8 Å². The Morgan fingerprint density at radius 3 is 2.55 bits per heavy atom. The number of anilines is 1. The van der Waals surface area contributed by atoms with E-state index in [9.17, 15) is 18.0 Å². The summed E-state index contributed by atoms with van der Waals surface area (Å²) in [4.78, 5) is 11.6. The number of esters is 1. The summed E-state index contributed by atoms with van der Waals surface area (Å²) >= 11 is 0. The van der Waals surface area contributed by atoms with Crippen LogP contribution in [0.15, 0.2) is 18.2 Å². The van der Waals surface area contributed by atoms with E-state index in [1.165, 1.54) is 25.3 Å². The van der Waals surface area contributed by atoms with Gasteiger partial charge >= 0.3 is 12.1 Å². The molecule has 0 spiro atoms. The number of carbonyl (C=O) groups excluding carboxylic acids is 1. The van der Waals surface area contributed by atoms with E-state index in [1.807, 2.05) is 0 Å². The van der Waals surface area contributed by atoms with Gasteiger partial charge in [0, 0.05) is 11.8 Å². The van der Waals surface area contributed by atoms with Gasteiger partial charge in [0.2, 0.25) is 0 Å². The molecule has 8 heteroatoms. The molecule has 1 aromatic carbocycles. The minimum Gasteiger partial charge on any atom is -0.497 e. The van der Waals surface area contributed by atoms with Crippen molar-refractivity contribution in [2.75, 3.05) is 32.7 Å². The van der Waals surface area contributed by atoms with Crippen molar-refractivity contribution in [2.24, 2.45) is 0 Å². The first-order valence-electron chi connectivity index (χ1n) is 5.58. The lowest BCUT2D eigenvalue weighted by Crippen LogP contribution is -2.19. The second-order valence-electron chi connectivity index (χ2n) is 3.80. The minimum atomic E-state index is -4.40. The molecule has 112 valence electrons. The maximum Gasteiger partial charge on any atom is 0.411 e. The number of ether oxygens (including phenoxy) is 3. The fourth-order valence-corrected chi connectivity index (χ4v) is 1.32. The van der Waals surface area contributed by atoms with E-state index in [-0.39, 0.29) is 18.8 Å². The number of nitrogens with two attached hydrogens (primary N) is 1. The summed E-state index contributed by atoms with van der Waals surface area (Å²) in [6.45, 7) is -2.01. The third-order valence-corrected chi connectivity index (χ3v) is 2.13. The molecule has 0 bridgehead atoms. The summed E-state index contributed by atoms with van der Waals surface area (Å²) in [5.74, 6) is -0.337. The van der Waals surface area contributed by atoms with Crippen LogP contribution in [0, 0.1) is 0 Å². The first-order chi connectivity index (χ1) is 9.31. The van der Waals surface area contributed by atoms with Crippen LogP contribution in [0.25, 0.3) is 0 Å². The first kappa shape index (κ1) is 16.1. The Morgan fingerprint density at radius 2 is 1.95 bits per heavy atom. The van der Waals surface area contributed by atoms with Crippen LogP contribution in [0.1, 0.15) is 10.4 Å². The van der Waals surface area contributed by atoms with Crippen LogP contribution < -0.4 is 10.5 Å². The van der Waals surface area contributed by atoms with Crippen molar-refractivity contribution in [1.29, 1.82) is 0 Å². The van der Waals surface area contributed by atoms with Gasteiger partial charge in [-0.15, -0.1) is 0 Å². The number of hydrogen-bond donors (Lipinski definition) is 1. The molecular weight excluding hydrogens is 279 g/mol. The normalized spacial score (nSPS) is 11.2. The number of halogens is 3.